The molecule has 0 radical (unpaired) electrons. The Morgan fingerprint density at radius 3 is 2.47 bits per heavy atom. The zero-order valence-electron chi connectivity index (χ0n) is 11.2. The highest BCUT2D eigenvalue weighted by atomic mass is 16.5. The maximum Gasteiger partial charge on any atom is 0.0529 e. The average Bonchev–Trinajstić information content (AvgIpc) is 2.36. The Balaban J connectivity index is 1.81. The van der Waals surface area contributed by atoms with Crippen LogP contribution in [0.4, 0.5) is 0 Å². The number of ether oxygens (including phenoxy) is 1. The molecule has 0 aromatic rings. The van der Waals surface area contributed by atoms with Gasteiger partial charge < -0.3 is 4.74 Å². The third kappa shape index (κ3) is 5.25. The van der Waals surface area contributed by atoms with E-state index in [-0.39, 0.29) is 0 Å². The molecule has 1 aliphatic carbocycles. The summed E-state index contributed by atoms with van der Waals surface area (Å²) in [6.45, 7) is 1.98. The summed E-state index contributed by atoms with van der Waals surface area (Å²) in [5, 5.41) is 0. The van der Waals surface area contributed by atoms with E-state index in [0.29, 0.717) is 5.92 Å². The fourth-order valence-electron chi connectivity index (χ4n) is 3.15. The molecule has 1 heteroatoms. The minimum Gasteiger partial charge on any atom is -0.381 e. The highest BCUT2D eigenvalue weighted by Gasteiger charge is 2.20. The smallest absolute Gasteiger partial charge is 0.0529 e. The van der Waals surface area contributed by atoms with Crippen LogP contribution in [0.25, 0.3) is 0 Å². The summed E-state index contributed by atoms with van der Waals surface area (Å²) in [6, 6.07) is 0. The van der Waals surface area contributed by atoms with Crippen molar-refractivity contribution >= 4 is 0 Å². The Bertz CT molecular complexity index is 222. The third-order valence-electron chi connectivity index (χ3n) is 4.21. The molecule has 2 aliphatic rings. The van der Waals surface area contributed by atoms with E-state index >= 15 is 0 Å². The monoisotopic (exact) mass is 236 g/mol. The lowest BCUT2D eigenvalue weighted by atomic mass is 9.88. The van der Waals surface area contributed by atoms with Gasteiger partial charge >= 0.3 is 0 Å². The number of fused-ring (bicyclic) bond motifs is 2. The number of hydrogen-bond acceptors (Lipinski definition) is 1. The lowest BCUT2D eigenvalue weighted by molar-refractivity contribution is 0.0261. The van der Waals surface area contributed by atoms with Crippen LogP contribution in [-0.2, 0) is 4.74 Å². The minimum atomic E-state index is 0.705. The third-order valence-corrected chi connectivity index (χ3v) is 4.21. The van der Waals surface area contributed by atoms with E-state index in [1.54, 1.807) is 0 Å². The molecule has 0 N–H and O–H groups in total. The maximum atomic E-state index is 5.75. The average molecular weight is 236 g/mol. The summed E-state index contributed by atoms with van der Waals surface area (Å²) in [7, 11) is 0. The molecule has 2 atom stereocenters. The highest BCUT2D eigenvalue weighted by Crippen LogP contribution is 2.26. The van der Waals surface area contributed by atoms with Crippen molar-refractivity contribution in [2.24, 2.45) is 11.8 Å². The molecule has 0 amide bonds. The molecule has 98 valence electrons. The lowest BCUT2D eigenvalue weighted by Crippen LogP contribution is -2.24. The molecular weight excluding hydrogens is 208 g/mol. The molecule has 2 rings (SSSR count). The summed E-state index contributed by atoms with van der Waals surface area (Å²) in [5.41, 5.74) is 0. The van der Waals surface area contributed by atoms with Crippen molar-refractivity contribution in [2.45, 2.75) is 64.2 Å². The number of rotatable bonds is 0. The lowest BCUT2D eigenvalue weighted by Gasteiger charge is -2.27. The summed E-state index contributed by atoms with van der Waals surface area (Å²) in [4.78, 5) is 0. The van der Waals surface area contributed by atoms with Crippen molar-refractivity contribution in [1.29, 1.82) is 0 Å². The Morgan fingerprint density at radius 2 is 1.59 bits per heavy atom. The molecule has 1 nitrogen and oxygen atoms in total. The second-order valence-corrected chi connectivity index (χ2v) is 5.88. The first-order chi connectivity index (χ1) is 8.45. The molecular formula is C16H28O. The van der Waals surface area contributed by atoms with Crippen LogP contribution in [-0.4, -0.2) is 13.2 Å². The largest absolute Gasteiger partial charge is 0.381 e. The maximum absolute atomic E-state index is 5.75. The molecule has 2 unspecified atom stereocenters. The van der Waals surface area contributed by atoms with Crippen LogP contribution < -0.4 is 0 Å². The Hall–Kier alpha value is -0.300. The van der Waals surface area contributed by atoms with Crippen LogP contribution in [0.1, 0.15) is 64.2 Å². The molecule has 1 aliphatic heterocycles. The summed E-state index contributed by atoms with van der Waals surface area (Å²) in [6.07, 6.45) is 18.9. The van der Waals surface area contributed by atoms with Gasteiger partial charge in [0, 0.05) is 12.5 Å². The number of allylic oxidation sites excluding steroid dienone is 1. The van der Waals surface area contributed by atoms with Crippen LogP contribution in [0.2, 0.25) is 0 Å². The van der Waals surface area contributed by atoms with Crippen LogP contribution in [0.5, 0.6) is 0 Å². The molecule has 0 spiro atoms. The minimum absolute atomic E-state index is 0.705. The highest BCUT2D eigenvalue weighted by molar-refractivity contribution is 4.91. The van der Waals surface area contributed by atoms with Gasteiger partial charge in [0.2, 0.25) is 0 Å². The first kappa shape index (κ1) is 13.1. The van der Waals surface area contributed by atoms with Gasteiger partial charge in [-0.1, -0.05) is 50.7 Å². The van der Waals surface area contributed by atoms with Gasteiger partial charge in [-0.05, 0) is 31.6 Å². The predicted octanol–water partition coefficient (Wildman–Crippen LogP) is 4.72. The summed E-state index contributed by atoms with van der Waals surface area (Å²) in [5.74, 6) is 1.54. The van der Waals surface area contributed by atoms with Gasteiger partial charge in [-0.3, -0.25) is 0 Å². The van der Waals surface area contributed by atoms with Crippen molar-refractivity contribution in [2.75, 3.05) is 13.2 Å². The number of hydrogen-bond donors (Lipinski definition) is 0. The van der Waals surface area contributed by atoms with E-state index in [1.165, 1.54) is 64.2 Å². The molecule has 17 heavy (non-hydrogen) atoms. The van der Waals surface area contributed by atoms with Crippen molar-refractivity contribution in [3.8, 4) is 0 Å². The van der Waals surface area contributed by atoms with Gasteiger partial charge in [-0.2, -0.15) is 0 Å². The second-order valence-electron chi connectivity index (χ2n) is 5.88. The van der Waals surface area contributed by atoms with Crippen molar-refractivity contribution in [3.63, 3.8) is 0 Å². The summed E-state index contributed by atoms with van der Waals surface area (Å²) < 4.78 is 5.75. The first-order valence-corrected chi connectivity index (χ1v) is 7.69. The van der Waals surface area contributed by atoms with Crippen LogP contribution in [0.3, 0.4) is 0 Å². The van der Waals surface area contributed by atoms with Gasteiger partial charge in [-0.25, -0.2) is 0 Å². The van der Waals surface area contributed by atoms with E-state index < -0.39 is 0 Å². The van der Waals surface area contributed by atoms with Crippen molar-refractivity contribution < 1.29 is 4.74 Å². The Labute approximate surface area is 107 Å². The topological polar surface area (TPSA) is 9.23 Å². The SMILES string of the molecule is C1=CC2COCC(CCCCCCCCC1)C2. The fourth-order valence-corrected chi connectivity index (χ4v) is 3.15. The van der Waals surface area contributed by atoms with Crippen molar-refractivity contribution in [3.05, 3.63) is 12.2 Å². The fraction of sp³-hybridized carbons (Fsp3) is 0.875. The molecule has 1 fully saturated rings. The molecule has 2 bridgehead atoms. The molecule has 0 aromatic carbocycles. The van der Waals surface area contributed by atoms with E-state index in [4.69, 9.17) is 4.74 Å². The zero-order valence-corrected chi connectivity index (χ0v) is 11.2. The molecule has 0 saturated carbocycles. The summed E-state index contributed by atoms with van der Waals surface area (Å²) >= 11 is 0. The first-order valence-electron chi connectivity index (χ1n) is 7.69. The molecule has 0 aromatic heterocycles. The van der Waals surface area contributed by atoms with Gasteiger partial charge in [0.1, 0.15) is 0 Å². The standard InChI is InChI=1S/C16H28O/c1-2-4-6-8-10-15-12-16(14-17-13-15)11-9-7-5-3-1/h8,10,15-16H,1-7,9,11-14H2. The van der Waals surface area contributed by atoms with Gasteiger partial charge in [0.15, 0.2) is 0 Å². The quantitative estimate of drug-likeness (QED) is 0.553. The van der Waals surface area contributed by atoms with E-state index in [1.807, 2.05) is 0 Å². The van der Waals surface area contributed by atoms with E-state index in [0.717, 1.165) is 19.1 Å². The van der Waals surface area contributed by atoms with Crippen LogP contribution in [0, 0.1) is 11.8 Å². The van der Waals surface area contributed by atoms with E-state index in [2.05, 4.69) is 12.2 Å². The van der Waals surface area contributed by atoms with Gasteiger partial charge in [-0.15, -0.1) is 0 Å². The Morgan fingerprint density at radius 1 is 0.824 bits per heavy atom. The van der Waals surface area contributed by atoms with Gasteiger partial charge in [0.25, 0.3) is 0 Å². The normalized spacial score (nSPS) is 32.9. The predicted molar refractivity (Wildman–Crippen MR) is 73.1 cm³/mol. The van der Waals surface area contributed by atoms with Crippen LogP contribution >= 0.6 is 0 Å². The zero-order chi connectivity index (χ0) is 11.8. The Kier molecular flexibility index (Phi) is 6.12. The molecule has 1 heterocycles. The van der Waals surface area contributed by atoms with Crippen LogP contribution in [0.15, 0.2) is 12.2 Å². The van der Waals surface area contributed by atoms with Crippen molar-refractivity contribution in [1.82, 2.24) is 0 Å². The second kappa shape index (κ2) is 7.92. The molecule has 1 saturated heterocycles. The van der Waals surface area contributed by atoms with E-state index in [9.17, 15) is 0 Å². The van der Waals surface area contributed by atoms with Gasteiger partial charge in [0.05, 0.1) is 6.61 Å².